The lowest BCUT2D eigenvalue weighted by atomic mass is 10.1. The van der Waals surface area contributed by atoms with Gasteiger partial charge in [-0.15, -0.1) is 0 Å². The number of amides is 1. The second kappa shape index (κ2) is 5.46. The monoisotopic (exact) mass is 189 g/mol. The van der Waals surface area contributed by atoms with E-state index in [0.29, 0.717) is 5.92 Å². The Balaban J connectivity index is 3.69. The normalized spacial score (nSPS) is 15.8. The zero-order chi connectivity index (χ0) is 9.72. The molecular weight excluding hydrogens is 170 g/mol. The SMILES string of the molecule is CC(C)CC(C)NC(=O)C(C)S. The van der Waals surface area contributed by atoms with Gasteiger partial charge in [-0.05, 0) is 26.2 Å². The highest BCUT2D eigenvalue weighted by Crippen LogP contribution is 2.04. The maximum absolute atomic E-state index is 11.1. The van der Waals surface area contributed by atoms with Crippen LogP contribution in [0, 0.1) is 5.92 Å². The topological polar surface area (TPSA) is 29.1 Å². The van der Waals surface area contributed by atoms with Crippen LogP contribution in [0.2, 0.25) is 0 Å². The maximum Gasteiger partial charge on any atom is 0.232 e. The Kier molecular flexibility index (Phi) is 5.38. The zero-order valence-corrected chi connectivity index (χ0v) is 9.19. The highest BCUT2D eigenvalue weighted by molar-refractivity contribution is 7.81. The first kappa shape index (κ1) is 11.8. The minimum Gasteiger partial charge on any atom is -0.353 e. The van der Waals surface area contributed by atoms with Crippen molar-refractivity contribution in [3.8, 4) is 0 Å². The molecular formula is C9H19NOS. The van der Waals surface area contributed by atoms with E-state index in [-0.39, 0.29) is 17.2 Å². The lowest BCUT2D eigenvalue weighted by Crippen LogP contribution is -2.37. The third-order valence-electron chi connectivity index (χ3n) is 1.59. The Labute approximate surface area is 80.5 Å². The fourth-order valence-electron chi connectivity index (χ4n) is 1.13. The number of carbonyl (C=O) groups is 1. The Morgan fingerprint density at radius 1 is 1.33 bits per heavy atom. The van der Waals surface area contributed by atoms with Gasteiger partial charge in [0.05, 0.1) is 5.25 Å². The van der Waals surface area contributed by atoms with Gasteiger partial charge in [0.15, 0.2) is 0 Å². The first-order chi connectivity index (χ1) is 5.43. The summed E-state index contributed by atoms with van der Waals surface area (Å²) in [5.74, 6) is 0.641. The molecule has 72 valence electrons. The van der Waals surface area contributed by atoms with Gasteiger partial charge in [-0.25, -0.2) is 0 Å². The Morgan fingerprint density at radius 3 is 2.17 bits per heavy atom. The number of nitrogens with one attached hydrogen (secondary N) is 1. The molecule has 0 rings (SSSR count). The van der Waals surface area contributed by atoms with E-state index in [2.05, 4.69) is 31.8 Å². The first-order valence-electron chi connectivity index (χ1n) is 4.42. The zero-order valence-electron chi connectivity index (χ0n) is 8.29. The van der Waals surface area contributed by atoms with Gasteiger partial charge in [-0.3, -0.25) is 4.79 Å². The van der Waals surface area contributed by atoms with Crippen LogP contribution >= 0.6 is 12.6 Å². The minimum atomic E-state index is -0.209. The van der Waals surface area contributed by atoms with Gasteiger partial charge in [0, 0.05) is 6.04 Å². The largest absolute Gasteiger partial charge is 0.353 e. The molecule has 0 saturated heterocycles. The summed E-state index contributed by atoms with van der Waals surface area (Å²) in [6, 6.07) is 0.257. The third kappa shape index (κ3) is 5.47. The Hall–Kier alpha value is -0.180. The minimum absolute atomic E-state index is 0.0199. The van der Waals surface area contributed by atoms with Gasteiger partial charge in [-0.2, -0.15) is 12.6 Å². The van der Waals surface area contributed by atoms with E-state index in [1.807, 2.05) is 6.92 Å². The van der Waals surface area contributed by atoms with E-state index in [1.165, 1.54) is 0 Å². The van der Waals surface area contributed by atoms with E-state index in [4.69, 9.17) is 0 Å². The first-order valence-corrected chi connectivity index (χ1v) is 4.93. The molecule has 2 unspecified atom stereocenters. The molecule has 2 atom stereocenters. The van der Waals surface area contributed by atoms with E-state index in [9.17, 15) is 4.79 Å². The van der Waals surface area contributed by atoms with Gasteiger partial charge < -0.3 is 5.32 Å². The third-order valence-corrected chi connectivity index (χ3v) is 1.83. The molecule has 0 aliphatic carbocycles. The predicted octanol–water partition coefficient (Wildman–Crippen LogP) is 1.86. The van der Waals surface area contributed by atoms with Crippen LogP contribution < -0.4 is 5.32 Å². The highest BCUT2D eigenvalue weighted by Gasteiger charge is 2.11. The van der Waals surface area contributed by atoms with Crippen molar-refractivity contribution in [2.45, 2.75) is 45.4 Å². The van der Waals surface area contributed by atoms with Crippen LogP contribution in [0.4, 0.5) is 0 Å². The molecule has 0 heterocycles. The van der Waals surface area contributed by atoms with E-state index < -0.39 is 0 Å². The molecule has 3 heteroatoms. The molecule has 0 bridgehead atoms. The van der Waals surface area contributed by atoms with Crippen molar-refractivity contribution in [2.75, 3.05) is 0 Å². The van der Waals surface area contributed by atoms with Crippen LogP contribution in [-0.2, 0) is 4.79 Å². The summed E-state index contributed by atoms with van der Waals surface area (Å²) in [6.07, 6.45) is 1.02. The van der Waals surface area contributed by atoms with Gasteiger partial charge in [0.25, 0.3) is 0 Å². The van der Waals surface area contributed by atoms with Crippen molar-refractivity contribution in [1.82, 2.24) is 5.32 Å². The molecule has 0 fully saturated rings. The van der Waals surface area contributed by atoms with Crippen LogP contribution in [0.1, 0.15) is 34.1 Å². The van der Waals surface area contributed by atoms with Crippen LogP contribution in [0.15, 0.2) is 0 Å². The predicted molar refractivity (Wildman–Crippen MR) is 55.5 cm³/mol. The van der Waals surface area contributed by atoms with Crippen LogP contribution in [0.25, 0.3) is 0 Å². The molecule has 0 aliphatic heterocycles. The summed E-state index contributed by atoms with van der Waals surface area (Å²) in [7, 11) is 0. The molecule has 0 aromatic carbocycles. The average Bonchev–Trinajstić information content (AvgIpc) is 1.84. The second-order valence-electron chi connectivity index (χ2n) is 3.72. The van der Waals surface area contributed by atoms with Crippen LogP contribution in [0.5, 0.6) is 0 Å². The Bertz CT molecular complexity index is 145. The van der Waals surface area contributed by atoms with Crippen LogP contribution in [-0.4, -0.2) is 17.2 Å². The molecule has 0 saturated carbocycles. The van der Waals surface area contributed by atoms with Crippen molar-refractivity contribution in [2.24, 2.45) is 5.92 Å². The summed E-state index contributed by atoms with van der Waals surface area (Å²) in [5, 5.41) is 2.69. The van der Waals surface area contributed by atoms with Crippen molar-refractivity contribution in [3.63, 3.8) is 0 Å². The lowest BCUT2D eigenvalue weighted by molar-refractivity contribution is -0.120. The molecule has 0 aromatic heterocycles. The smallest absolute Gasteiger partial charge is 0.232 e. The number of thiol groups is 1. The average molecular weight is 189 g/mol. The molecule has 0 radical (unpaired) electrons. The summed E-state index contributed by atoms with van der Waals surface area (Å²) in [6.45, 7) is 8.09. The van der Waals surface area contributed by atoms with Gasteiger partial charge in [0.2, 0.25) is 5.91 Å². The molecule has 1 N–H and O–H groups in total. The fraction of sp³-hybridized carbons (Fsp3) is 0.889. The number of carbonyl (C=O) groups excluding carboxylic acids is 1. The standard InChI is InChI=1S/C9H19NOS/c1-6(2)5-7(3)10-9(11)8(4)12/h6-8,12H,5H2,1-4H3,(H,10,11). The van der Waals surface area contributed by atoms with Gasteiger partial charge >= 0.3 is 0 Å². The fourth-order valence-corrected chi connectivity index (χ4v) is 1.20. The molecule has 0 aromatic rings. The summed E-state index contributed by atoms with van der Waals surface area (Å²) in [5.41, 5.74) is 0. The molecule has 1 amide bonds. The van der Waals surface area contributed by atoms with Gasteiger partial charge in [-0.1, -0.05) is 13.8 Å². The van der Waals surface area contributed by atoms with Crippen molar-refractivity contribution < 1.29 is 4.79 Å². The summed E-state index contributed by atoms with van der Waals surface area (Å²) < 4.78 is 0. The number of rotatable bonds is 4. The van der Waals surface area contributed by atoms with E-state index >= 15 is 0 Å². The lowest BCUT2D eigenvalue weighted by Gasteiger charge is -2.16. The molecule has 0 spiro atoms. The molecule has 2 nitrogen and oxygen atoms in total. The summed E-state index contributed by atoms with van der Waals surface area (Å²) in [4.78, 5) is 11.1. The van der Waals surface area contributed by atoms with Crippen LogP contribution in [0.3, 0.4) is 0 Å². The molecule has 0 aliphatic rings. The van der Waals surface area contributed by atoms with Gasteiger partial charge in [0.1, 0.15) is 0 Å². The number of hydrogen-bond acceptors (Lipinski definition) is 2. The highest BCUT2D eigenvalue weighted by atomic mass is 32.1. The quantitative estimate of drug-likeness (QED) is 0.649. The summed E-state index contributed by atoms with van der Waals surface area (Å²) >= 11 is 4.05. The number of hydrogen-bond donors (Lipinski definition) is 2. The van der Waals surface area contributed by atoms with Crippen molar-refractivity contribution in [3.05, 3.63) is 0 Å². The molecule has 12 heavy (non-hydrogen) atoms. The van der Waals surface area contributed by atoms with Crippen molar-refractivity contribution >= 4 is 18.5 Å². The Morgan fingerprint density at radius 2 is 1.83 bits per heavy atom. The van der Waals surface area contributed by atoms with Crippen molar-refractivity contribution in [1.29, 1.82) is 0 Å². The van der Waals surface area contributed by atoms with E-state index in [0.717, 1.165) is 6.42 Å². The van der Waals surface area contributed by atoms with E-state index in [1.54, 1.807) is 6.92 Å². The maximum atomic E-state index is 11.1. The second-order valence-corrected chi connectivity index (χ2v) is 4.49.